The van der Waals surface area contributed by atoms with Crippen molar-refractivity contribution >= 4 is 15.8 Å². The van der Waals surface area contributed by atoms with E-state index in [2.05, 4.69) is 4.98 Å². The number of aryl methyl sites for hydroxylation is 1. The van der Waals surface area contributed by atoms with Gasteiger partial charge in [0, 0.05) is 6.20 Å². The zero-order chi connectivity index (χ0) is 16.6. The highest BCUT2D eigenvalue weighted by Gasteiger charge is 2.18. The minimum atomic E-state index is -4.11. The largest absolute Gasteiger partial charge is 0.358 e. The number of hydrogen-bond donors (Lipinski definition) is 0. The molecule has 0 amide bonds. The van der Waals surface area contributed by atoms with Crippen LogP contribution in [0.3, 0.4) is 0 Å². The van der Waals surface area contributed by atoms with E-state index in [1.54, 1.807) is 12.1 Å². The predicted octanol–water partition coefficient (Wildman–Crippen LogP) is 1.91. The Morgan fingerprint density at radius 1 is 1.13 bits per heavy atom. The molecule has 3 rings (SSSR count). The molecule has 6 nitrogen and oxygen atoms in total. The maximum atomic E-state index is 13.1. The first-order valence-corrected chi connectivity index (χ1v) is 7.96. The zero-order valence-electron chi connectivity index (χ0n) is 11.9. The molecule has 0 aliphatic rings. The molecule has 0 fully saturated rings. The van der Waals surface area contributed by atoms with Gasteiger partial charge in [-0.1, -0.05) is 17.7 Å². The van der Waals surface area contributed by atoms with Gasteiger partial charge in [-0.05, 0) is 31.2 Å². The summed E-state index contributed by atoms with van der Waals surface area (Å²) in [5, 5.41) is 0. The molecule has 2 aromatic heterocycles. The van der Waals surface area contributed by atoms with Crippen molar-refractivity contribution < 1.29 is 17.0 Å². The maximum absolute atomic E-state index is 13.1. The fraction of sp³-hybridized carbons (Fsp3) is 0.0667. The molecule has 23 heavy (non-hydrogen) atoms. The summed E-state index contributed by atoms with van der Waals surface area (Å²) < 4.78 is 43.4. The monoisotopic (exact) mass is 334 g/mol. The van der Waals surface area contributed by atoms with Crippen LogP contribution < -0.4 is 9.74 Å². The molecule has 3 aromatic rings. The molecule has 0 aliphatic carbocycles. The number of rotatable bonds is 3. The lowest BCUT2D eigenvalue weighted by atomic mass is 10.2. The van der Waals surface area contributed by atoms with Crippen molar-refractivity contribution in [1.29, 1.82) is 0 Å². The van der Waals surface area contributed by atoms with E-state index in [1.165, 1.54) is 18.2 Å². The molecule has 0 spiro atoms. The topological polar surface area (TPSA) is 77.7 Å². The van der Waals surface area contributed by atoms with Gasteiger partial charge in [0.05, 0.1) is 6.07 Å². The van der Waals surface area contributed by atoms with Gasteiger partial charge >= 0.3 is 10.1 Å². The number of fused-ring (bicyclic) bond motifs is 1. The number of aromatic nitrogens is 2. The highest BCUT2D eigenvalue weighted by Crippen LogP contribution is 2.16. The smallest absolute Gasteiger partial charge is 0.340 e. The third-order valence-electron chi connectivity index (χ3n) is 3.10. The summed E-state index contributed by atoms with van der Waals surface area (Å²) in [6, 6.07) is 9.30. The molecule has 0 aliphatic heterocycles. The summed E-state index contributed by atoms with van der Waals surface area (Å²) in [7, 11) is -4.11. The van der Waals surface area contributed by atoms with Crippen molar-refractivity contribution in [2.75, 3.05) is 0 Å². The molecule has 118 valence electrons. The van der Waals surface area contributed by atoms with Gasteiger partial charge < -0.3 is 4.18 Å². The van der Waals surface area contributed by atoms with Gasteiger partial charge in [-0.25, -0.2) is 4.39 Å². The molecule has 8 heteroatoms. The summed E-state index contributed by atoms with van der Waals surface area (Å²) in [5.41, 5.74) is 0.324. The molecule has 0 atom stereocenters. The molecule has 0 N–H and O–H groups in total. The fourth-order valence-corrected chi connectivity index (χ4v) is 2.84. The van der Waals surface area contributed by atoms with Crippen molar-refractivity contribution in [3.05, 3.63) is 70.4 Å². The molecular weight excluding hydrogens is 323 g/mol. The van der Waals surface area contributed by atoms with Crippen LogP contribution in [0.2, 0.25) is 0 Å². The predicted molar refractivity (Wildman–Crippen MR) is 80.4 cm³/mol. The van der Waals surface area contributed by atoms with E-state index in [9.17, 15) is 17.6 Å². The molecule has 0 saturated carbocycles. The van der Waals surface area contributed by atoms with E-state index in [-0.39, 0.29) is 16.4 Å². The normalized spacial score (nSPS) is 11.6. The van der Waals surface area contributed by atoms with Crippen molar-refractivity contribution in [2.45, 2.75) is 11.8 Å². The second-order valence-electron chi connectivity index (χ2n) is 4.86. The molecule has 0 unspecified atom stereocenters. The van der Waals surface area contributed by atoms with E-state index in [4.69, 9.17) is 4.18 Å². The Labute approximate surface area is 130 Å². The highest BCUT2D eigenvalue weighted by atomic mass is 32.2. The summed E-state index contributed by atoms with van der Waals surface area (Å²) in [6.45, 7) is 1.82. The van der Waals surface area contributed by atoms with Gasteiger partial charge in [0.1, 0.15) is 16.4 Å². The van der Waals surface area contributed by atoms with E-state index in [0.29, 0.717) is 0 Å². The van der Waals surface area contributed by atoms with Crippen molar-refractivity contribution in [2.24, 2.45) is 0 Å². The SMILES string of the molecule is Cc1ccc(S(=O)(=O)Oc2cc(=O)n3cc(F)ccc3n2)cc1. The van der Waals surface area contributed by atoms with Crippen LogP contribution in [0.25, 0.3) is 5.65 Å². The summed E-state index contributed by atoms with van der Waals surface area (Å²) in [6.07, 6.45) is 0.961. The summed E-state index contributed by atoms with van der Waals surface area (Å²) in [4.78, 5) is 15.7. The Morgan fingerprint density at radius 3 is 2.52 bits per heavy atom. The molecule has 0 saturated heterocycles. The highest BCUT2D eigenvalue weighted by molar-refractivity contribution is 7.87. The van der Waals surface area contributed by atoms with Gasteiger partial charge in [-0.15, -0.1) is 0 Å². The third-order valence-corrected chi connectivity index (χ3v) is 4.34. The fourth-order valence-electron chi connectivity index (χ4n) is 1.96. The summed E-state index contributed by atoms with van der Waals surface area (Å²) in [5.74, 6) is -0.982. The van der Waals surface area contributed by atoms with Crippen LogP contribution in [-0.4, -0.2) is 17.8 Å². The van der Waals surface area contributed by atoms with Crippen LogP contribution in [-0.2, 0) is 10.1 Å². The Hall–Kier alpha value is -2.74. The second-order valence-corrected chi connectivity index (χ2v) is 6.40. The standard InChI is InChI=1S/C15H11FN2O4S/c1-10-2-5-12(6-3-10)23(20,21)22-14-8-15(19)18-9-11(16)4-7-13(18)17-14/h2-9H,1H3. The van der Waals surface area contributed by atoms with Gasteiger partial charge in [0.2, 0.25) is 5.88 Å². The Kier molecular flexibility index (Phi) is 3.61. The number of nitrogens with zero attached hydrogens (tertiary/aromatic N) is 2. The van der Waals surface area contributed by atoms with Gasteiger partial charge in [-0.3, -0.25) is 9.20 Å². The Morgan fingerprint density at radius 2 is 1.83 bits per heavy atom. The van der Waals surface area contributed by atoms with Crippen LogP contribution in [0.1, 0.15) is 5.56 Å². The molecule has 0 radical (unpaired) electrons. The van der Waals surface area contributed by atoms with Crippen LogP contribution in [0.4, 0.5) is 4.39 Å². The second kappa shape index (κ2) is 5.47. The number of benzene rings is 1. The van der Waals surface area contributed by atoms with Gasteiger partial charge in [-0.2, -0.15) is 13.4 Å². The third kappa shape index (κ3) is 3.07. The van der Waals surface area contributed by atoms with Crippen molar-refractivity contribution in [1.82, 2.24) is 9.38 Å². The first-order valence-electron chi connectivity index (χ1n) is 6.55. The van der Waals surface area contributed by atoms with Gasteiger partial charge in [0.25, 0.3) is 5.56 Å². The van der Waals surface area contributed by atoms with E-state index < -0.39 is 21.5 Å². The van der Waals surface area contributed by atoms with E-state index in [0.717, 1.165) is 28.3 Å². The Bertz CT molecular complexity index is 1040. The number of hydrogen-bond acceptors (Lipinski definition) is 5. The number of halogens is 1. The average molecular weight is 334 g/mol. The lowest BCUT2D eigenvalue weighted by Crippen LogP contribution is -2.17. The van der Waals surface area contributed by atoms with Crippen molar-refractivity contribution in [3.63, 3.8) is 0 Å². The Balaban J connectivity index is 2.02. The minimum Gasteiger partial charge on any atom is -0.358 e. The summed E-state index contributed by atoms with van der Waals surface area (Å²) >= 11 is 0. The molecule has 2 heterocycles. The van der Waals surface area contributed by atoms with Gasteiger partial charge in [0.15, 0.2) is 0 Å². The first kappa shape index (κ1) is 15.2. The average Bonchev–Trinajstić information content (AvgIpc) is 2.48. The van der Waals surface area contributed by atoms with Crippen LogP contribution >= 0.6 is 0 Å². The lowest BCUT2D eigenvalue weighted by Gasteiger charge is -2.07. The van der Waals surface area contributed by atoms with E-state index in [1.807, 2.05) is 6.92 Å². The van der Waals surface area contributed by atoms with Crippen LogP contribution in [0.5, 0.6) is 5.88 Å². The van der Waals surface area contributed by atoms with Crippen molar-refractivity contribution in [3.8, 4) is 5.88 Å². The molecular formula is C15H11FN2O4S. The molecule has 0 bridgehead atoms. The zero-order valence-corrected chi connectivity index (χ0v) is 12.7. The lowest BCUT2D eigenvalue weighted by molar-refractivity contribution is 0.475. The maximum Gasteiger partial charge on any atom is 0.340 e. The van der Waals surface area contributed by atoms with Crippen LogP contribution in [0, 0.1) is 12.7 Å². The first-order chi connectivity index (χ1) is 10.8. The van der Waals surface area contributed by atoms with Crippen LogP contribution in [0.15, 0.2) is 58.4 Å². The molecule has 1 aromatic carbocycles. The number of pyridine rings is 1. The van der Waals surface area contributed by atoms with E-state index >= 15 is 0 Å². The minimum absolute atomic E-state index is 0.0517. The quantitative estimate of drug-likeness (QED) is 0.684.